The first-order valence-electron chi connectivity index (χ1n) is 10.0. The van der Waals surface area contributed by atoms with Crippen molar-refractivity contribution in [3.63, 3.8) is 0 Å². The Bertz CT molecular complexity index is 1000. The molecule has 1 saturated heterocycles. The lowest BCUT2D eigenvalue weighted by molar-refractivity contribution is 0.121. The topological polar surface area (TPSA) is 65.3 Å². The van der Waals surface area contributed by atoms with E-state index in [1.807, 2.05) is 37.0 Å². The average molecular weight is 391 g/mol. The first-order valence-corrected chi connectivity index (χ1v) is 10.0. The van der Waals surface area contributed by atoms with Crippen LogP contribution >= 0.6 is 0 Å². The molecule has 2 aromatic heterocycles. The summed E-state index contributed by atoms with van der Waals surface area (Å²) in [6, 6.07) is 10.5. The molecule has 7 nitrogen and oxygen atoms in total. The lowest BCUT2D eigenvalue weighted by Gasteiger charge is -2.34. The maximum atomic E-state index is 6.12. The van der Waals surface area contributed by atoms with Crippen LogP contribution in [0.4, 0.5) is 0 Å². The van der Waals surface area contributed by atoms with Gasteiger partial charge in [-0.15, -0.1) is 0 Å². The molecule has 0 bridgehead atoms. The number of fused-ring (bicyclic) bond motifs is 3. The minimum absolute atomic E-state index is 0.320. The largest absolute Gasteiger partial charge is 0.493 e. The normalized spacial score (nSPS) is 23.3. The summed E-state index contributed by atoms with van der Waals surface area (Å²) in [4.78, 5) is 11.1. The number of para-hydroxylation sites is 1. The predicted molar refractivity (Wildman–Crippen MR) is 108 cm³/mol. The second-order valence-corrected chi connectivity index (χ2v) is 7.92. The monoisotopic (exact) mass is 391 g/mol. The molecule has 2 aliphatic heterocycles. The molecule has 2 aliphatic rings. The van der Waals surface area contributed by atoms with E-state index >= 15 is 0 Å². The van der Waals surface area contributed by atoms with Gasteiger partial charge in [0.15, 0.2) is 0 Å². The van der Waals surface area contributed by atoms with E-state index in [1.54, 1.807) is 6.20 Å². The first-order chi connectivity index (χ1) is 14.2. The highest BCUT2D eigenvalue weighted by Crippen LogP contribution is 2.47. The van der Waals surface area contributed by atoms with E-state index in [0.717, 1.165) is 24.7 Å². The summed E-state index contributed by atoms with van der Waals surface area (Å²) in [6.07, 6.45) is 5.78. The highest BCUT2D eigenvalue weighted by molar-refractivity contribution is 5.39. The highest BCUT2D eigenvalue weighted by Gasteiger charge is 2.46. The SMILES string of the molecule is Cc1nccc(OC[C@@H]2CN(Cc3cnn(C)c3)[C@H]3c4ccccc4OC[C@@H]23)n1. The van der Waals surface area contributed by atoms with E-state index < -0.39 is 0 Å². The molecular weight excluding hydrogens is 366 g/mol. The number of aromatic nitrogens is 4. The number of nitrogens with zero attached hydrogens (tertiary/aromatic N) is 5. The summed E-state index contributed by atoms with van der Waals surface area (Å²) in [5.74, 6) is 3.10. The maximum Gasteiger partial charge on any atom is 0.216 e. The Hall–Kier alpha value is -2.93. The molecule has 0 aliphatic carbocycles. The minimum atomic E-state index is 0.320. The van der Waals surface area contributed by atoms with Crippen molar-refractivity contribution in [2.24, 2.45) is 18.9 Å². The van der Waals surface area contributed by atoms with Crippen molar-refractivity contribution in [2.75, 3.05) is 19.8 Å². The van der Waals surface area contributed by atoms with Crippen LogP contribution in [0.2, 0.25) is 0 Å². The number of hydrogen-bond donors (Lipinski definition) is 0. The lowest BCUT2D eigenvalue weighted by Crippen LogP contribution is -2.32. The number of ether oxygens (including phenoxy) is 2. The van der Waals surface area contributed by atoms with Crippen LogP contribution in [0, 0.1) is 18.8 Å². The number of hydrogen-bond acceptors (Lipinski definition) is 6. The van der Waals surface area contributed by atoms with Gasteiger partial charge in [-0.25, -0.2) is 4.98 Å². The molecule has 150 valence electrons. The van der Waals surface area contributed by atoms with Crippen molar-refractivity contribution < 1.29 is 9.47 Å². The molecule has 0 unspecified atom stereocenters. The van der Waals surface area contributed by atoms with Gasteiger partial charge in [0.1, 0.15) is 11.6 Å². The number of aryl methyl sites for hydroxylation is 2. The van der Waals surface area contributed by atoms with Gasteiger partial charge < -0.3 is 9.47 Å². The van der Waals surface area contributed by atoms with Gasteiger partial charge in [-0.3, -0.25) is 9.58 Å². The van der Waals surface area contributed by atoms with Crippen molar-refractivity contribution in [3.05, 3.63) is 65.9 Å². The van der Waals surface area contributed by atoms with Crippen LogP contribution in [0.25, 0.3) is 0 Å². The minimum Gasteiger partial charge on any atom is -0.493 e. The summed E-state index contributed by atoms with van der Waals surface area (Å²) in [5.41, 5.74) is 2.50. The van der Waals surface area contributed by atoms with Gasteiger partial charge >= 0.3 is 0 Å². The summed E-state index contributed by atoms with van der Waals surface area (Å²) in [7, 11) is 1.96. The van der Waals surface area contributed by atoms with E-state index in [1.165, 1.54) is 11.1 Å². The second-order valence-electron chi connectivity index (χ2n) is 7.92. The van der Waals surface area contributed by atoms with Gasteiger partial charge in [0.2, 0.25) is 5.88 Å². The molecule has 7 heteroatoms. The van der Waals surface area contributed by atoms with Crippen molar-refractivity contribution >= 4 is 0 Å². The van der Waals surface area contributed by atoms with E-state index in [9.17, 15) is 0 Å². The number of rotatable bonds is 5. The summed E-state index contributed by atoms with van der Waals surface area (Å²) in [6.45, 7) is 5.02. The molecule has 3 atom stereocenters. The van der Waals surface area contributed by atoms with Crippen molar-refractivity contribution in [3.8, 4) is 11.6 Å². The Morgan fingerprint density at radius 2 is 2.14 bits per heavy atom. The van der Waals surface area contributed by atoms with Crippen LogP contribution in [0.15, 0.2) is 48.9 Å². The zero-order chi connectivity index (χ0) is 19.8. The fraction of sp³-hybridized carbons (Fsp3) is 0.409. The van der Waals surface area contributed by atoms with E-state index in [0.29, 0.717) is 37.0 Å². The Morgan fingerprint density at radius 1 is 1.24 bits per heavy atom. The molecule has 0 saturated carbocycles. The third-order valence-corrected chi connectivity index (χ3v) is 5.88. The Balaban J connectivity index is 1.39. The summed E-state index contributed by atoms with van der Waals surface area (Å²) >= 11 is 0. The zero-order valence-electron chi connectivity index (χ0n) is 16.7. The maximum absolute atomic E-state index is 6.12. The smallest absolute Gasteiger partial charge is 0.216 e. The molecule has 3 aromatic rings. The lowest BCUT2D eigenvalue weighted by atomic mass is 9.85. The van der Waals surface area contributed by atoms with Crippen molar-refractivity contribution in [1.82, 2.24) is 24.6 Å². The Morgan fingerprint density at radius 3 is 2.97 bits per heavy atom. The fourth-order valence-electron chi connectivity index (χ4n) is 4.61. The van der Waals surface area contributed by atoms with Gasteiger partial charge in [-0.05, 0) is 13.0 Å². The molecule has 0 spiro atoms. The second kappa shape index (κ2) is 7.48. The molecule has 0 amide bonds. The molecule has 0 radical (unpaired) electrons. The average Bonchev–Trinajstić information content (AvgIpc) is 3.30. The van der Waals surface area contributed by atoms with Gasteiger partial charge in [-0.1, -0.05) is 18.2 Å². The van der Waals surface area contributed by atoms with Gasteiger partial charge in [0.05, 0.1) is 19.4 Å². The molecule has 4 heterocycles. The van der Waals surface area contributed by atoms with Crippen LogP contribution in [-0.2, 0) is 13.6 Å². The quantitative estimate of drug-likeness (QED) is 0.666. The van der Waals surface area contributed by atoms with Crippen molar-refractivity contribution in [2.45, 2.75) is 19.5 Å². The highest BCUT2D eigenvalue weighted by atomic mass is 16.5. The van der Waals surface area contributed by atoms with Crippen LogP contribution in [0.3, 0.4) is 0 Å². The van der Waals surface area contributed by atoms with Gasteiger partial charge in [-0.2, -0.15) is 10.1 Å². The number of likely N-dealkylation sites (tertiary alicyclic amines) is 1. The number of benzene rings is 1. The third kappa shape index (κ3) is 3.58. The summed E-state index contributed by atoms with van der Waals surface area (Å²) < 4.78 is 14.0. The standard InChI is InChI=1S/C22H25N5O2/c1-15-23-8-7-21(25-15)29-13-17-12-27(11-16-9-24-26(2)10-16)22-18-5-3-4-6-20(18)28-14-19(17)22/h3-10,17,19,22H,11-14H2,1-2H3/t17-,19-,22-/m0/s1. The Kier molecular flexibility index (Phi) is 4.67. The summed E-state index contributed by atoms with van der Waals surface area (Å²) in [5, 5.41) is 4.34. The first kappa shape index (κ1) is 18.1. The molecule has 1 fully saturated rings. The van der Waals surface area contributed by atoms with E-state index in [4.69, 9.17) is 9.47 Å². The van der Waals surface area contributed by atoms with Gasteiger partial charge in [0, 0.05) is 67.6 Å². The molecule has 0 N–H and O–H groups in total. The molecule has 1 aromatic carbocycles. The fourth-order valence-corrected chi connectivity index (χ4v) is 4.61. The van der Waals surface area contributed by atoms with Gasteiger partial charge in [0.25, 0.3) is 0 Å². The predicted octanol–water partition coefficient (Wildman–Crippen LogP) is 2.78. The molecule has 5 rings (SSSR count). The van der Waals surface area contributed by atoms with Crippen molar-refractivity contribution in [1.29, 1.82) is 0 Å². The van der Waals surface area contributed by atoms with E-state index in [2.05, 4.69) is 44.4 Å². The van der Waals surface area contributed by atoms with Crippen LogP contribution in [-0.4, -0.2) is 44.4 Å². The van der Waals surface area contributed by atoms with Crippen LogP contribution < -0.4 is 9.47 Å². The van der Waals surface area contributed by atoms with Crippen LogP contribution in [0.1, 0.15) is 23.0 Å². The molecule has 29 heavy (non-hydrogen) atoms. The third-order valence-electron chi connectivity index (χ3n) is 5.88. The Labute approximate surface area is 170 Å². The molecular formula is C22H25N5O2. The zero-order valence-corrected chi connectivity index (χ0v) is 16.7. The van der Waals surface area contributed by atoms with Crippen LogP contribution in [0.5, 0.6) is 11.6 Å². The van der Waals surface area contributed by atoms with E-state index in [-0.39, 0.29) is 0 Å².